The van der Waals surface area contributed by atoms with E-state index >= 15 is 0 Å². The Morgan fingerprint density at radius 1 is 0.839 bits per heavy atom. The van der Waals surface area contributed by atoms with Gasteiger partial charge in [0, 0.05) is 30.6 Å². The molecule has 0 atom stereocenters. The molecule has 6 rings (SSSR count). The minimum absolute atomic E-state index is 0.534. The highest BCUT2D eigenvalue weighted by atomic mass is 16.5. The summed E-state index contributed by atoms with van der Waals surface area (Å²) in [6.07, 6.45) is 4.58. The van der Waals surface area contributed by atoms with Gasteiger partial charge in [-0.05, 0) is 65.9 Å². The molecule has 0 unspecified atom stereocenters. The molecule has 3 heterocycles. The van der Waals surface area contributed by atoms with Gasteiger partial charge in [-0.25, -0.2) is 0 Å². The molecule has 4 heteroatoms. The van der Waals surface area contributed by atoms with Gasteiger partial charge in [0.05, 0.1) is 5.52 Å². The number of nitrogens with one attached hydrogen (secondary N) is 1. The molecule has 4 aromatic rings. The van der Waals surface area contributed by atoms with E-state index in [0.717, 1.165) is 44.0 Å². The Morgan fingerprint density at radius 3 is 2.68 bits per heavy atom. The second-order valence-electron chi connectivity index (χ2n) is 8.58. The van der Waals surface area contributed by atoms with E-state index in [4.69, 9.17) is 9.47 Å². The number of nitrogens with zero attached hydrogens (tertiary/aromatic N) is 1. The minimum atomic E-state index is 0.534. The van der Waals surface area contributed by atoms with Crippen LogP contribution in [0.15, 0.2) is 54.6 Å². The van der Waals surface area contributed by atoms with E-state index in [1.54, 1.807) is 0 Å². The van der Waals surface area contributed by atoms with Gasteiger partial charge in [0.1, 0.15) is 24.7 Å². The molecule has 0 spiro atoms. The van der Waals surface area contributed by atoms with E-state index in [2.05, 4.69) is 58.4 Å². The van der Waals surface area contributed by atoms with Gasteiger partial charge in [-0.2, -0.15) is 0 Å². The van der Waals surface area contributed by atoms with Gasteiger partial charge in [-0.15, -0.1) is 0 Å². The lowest BCUT2D eigenvalue weighted by Crippen LogP contribution is -2.18. The molecule has 1 N–H and O–H groups in total. The molecular weight excluding hydrogens is 384 g/mol. The van der Waals surface area contributed by atoms with Crippen LogP contribution in [0.2, 0.25) is 0 Å². The molecule has 1 aromatic heterocycles. The Bertz CT molecular complexity index is 1260. The van der Waals surface area contributed by atoms with Gasteiger partial charge in [-0.1, -0.05) is 36.4 Å². The predicted octanol–water partition coefficient (Wildman–Crippen LogP) is 4.89. The number of benzene rings is 3. The zero-order valence-corrected chi connectivity index (χ0v) is 17.8. The van der Waals surface area contributed by atoms with Gasteiger partial charge >= 0.3 is 0 Å². The van der Waals surface area contributed by atoms with Crippen molar-refractivity contribution in [1.82, 2.24) is 9.88 Å². The van der Waals surface area contributed by atoms with E-state index in [-0.39, 0.29) is 0 Å². The van der Waals surface area contributed by atoms with E-state index in [0.29, 0.717) is 13.2 Å². The minimum Gasteiger partial charge on any atom is -0.490 e. The highest BCUT2D eigenvalue weighted by Gasteiger charge is 2.25. The molecule has 0 amide bonds. The Balaban J connectivity index is 1.23. The van der Waals surface area contributed by atoms with Crippen LogP contribution in [0.25, 0.3) is 21.7 Å². The molecule has 0 aliphatic carbocycles. The smallest absolute Gasteiger partial charge is 0.129 e. The molecule has 158 valence electrons. The number of fused-ring (bicyclic) bond motifs is 4. The highest BCUT2D eigenvalue weighted by Crippen LogP contribution is 2.39. The third-order valence-electron chi connectivity index (χ3n) is 6.72. The van der Waals surface area contributed by atoms with Crippen molar-refractivity contribution in [3.8, 4) is 11.5 Å². The topological polar surface area (TPSA) is 35.4 Å². The molecule has 0 saturated heterocycles. The van der Waals surface area contributed by atoms with Gasteiger partial charge in [0.2, 0.25) is 0 Å². The van der Waals surface area contributed by atoms with Crippen LogP contribution in [0, 0.1) is 0 Å². The Morgan fingerprint density at radius 2 is 1.71 bits per heavy atom. The lowest BCUT2D eigenvalue weighted by atomic mass is 10.0. The third-order valence-corrected chi connectivity index (χ3v) is 6.72. The van der Waals surface area contributed by atoms with Crippen molar-refractivity contribution in [1.29, 1.82) is 0 Å². The normalized spacial score (nSPS) is 15.6. The Hall–Kier alpha value is -2.98. The van der Waals surface area contributed by atoms with Crippen LogP contribution >= 0.6 is 0 Å². The summed E-state index contributed by atoms with van der Waals surface area (Å²) in [5.41, 5.74) is 5.91. The fraction of sp³-hybridized carbons (Fsp3) is 0.333. The number of aryl methyl sites for hydroxylation is 2. The molecule has 31 heavy (non-hydrogen) atoms. The maximum atomic E-state index is 6.31. The summed E-state index contributed by atoms with van der Waals surface area (Å²) in [5.74, 6) is 1.91. The number of aromatic nitrogens is 1. The maximum Gasteiger partial charge on any atom is 0.129 e. The van der Waals surface area contributed by atoms with Gasteiger partial charge < -0.3 is 19.4 Å². The summed E-state index contributed by atoms with van der Waals surface area (Å²) in [4.78, 5) is 0. The summed E-state index contributed by atoms with van der Waals surface area (Å²) in [7, 11) is 0. The van der Waals surface area contributed by atoms with Crippen LogP contribution in [-0.2, 0) is 25.8 Å². The SMILES string of the molecule is c1ccc2cc(OCCOc3ccc4c5c3c3c(n5CCC4)CCNCC3)ccc2c1. The molecule has 0 bridgehead atoms. The molecule has 0 radical (unpaired) electrons. The Labute approximate surface area is 182 Å². The van der Waals surface area contributed by atoms with Gasteiger partial charge in [0.25, 0.3) is 0 Å². The van der Waals surface area contributed by atoms with Crippen molar-refractivity contribution < 1.29 is 9.47 Å². The monoisotopic (exact) mass is 412 g/mol. The molecular formula is C27H28N2O2. The number of rotatable bonds is 5. The lowest BCUT2D eigenvalue weighted by molar-refractivity contribution is 0.219. The average Bonchev–Trinajstić information content (AvgIpc) is 2.96. The van der Waals surface area contributed by atoms with Gasteiger partial charge in [0.15, 0.2) is 0 Å². The van der Waals surface area contributed by atoms with Crippen molar-refractivity contribution in [3.05, 3.63) is 71.4 Å². The summed E-state index contributed by atoms with van der Waals surface area (Å²) < 4.78 is 14.9. The maximum absolute atomic E-state index is 6.31. The first kappa shape index (κ1) is 18.8. The fourth-order valence-corrected chi connectivity index (χ4v) is 5.32. The molecule has 0 fully saturated rings. The molecule has 2 aliphatic rings. The molecule has 4 nitrogen and oxygen atoms in total. The van der Waals surface area contributed by atoms with E-state index in [9.17, 15) is 0 Å². The first-order valence-corrected chi connectivity index (χ1v) is 11.5. The van der Waals surface area contributed by atoms with E-state index in [1.807, 2.05) is 6.07 Å². The Kier molecular flexibility index (Phi) is 4.80. The quantitative estimate of drug-likeness (QED) is 0.474. The fourth-order valence-electron chi connectivity index (χ4n) is 5.32. The van der Waals surface area contributed by atoms with Crippen molar-refractivity contribution in [2.75, 3.05) is 26.3 Å². The van der Waals surface area contributed by atoms with Crippen LogP contribution in [0.1, 0.15) is 23.2 Å². The number of hydrogen-bond donors (Lipinski definition) is 1. The number of ether oxygens (including phenoxy) is 2. The average molecular weight is 413 g/mol. The van der Waals surface area contributed by atoms with Crippen LogP contribution in [0.4, 0.5) is 0 Å². The predicted molar refractivity (Wildman–Crippen MR) is 125 cm³/mol. The zero-order chi connectivity index (χ0) is 20.6. The van der Waals surface area contributed by atoms with E-state index in [1.165, 1.54) is 51.3 Å². The van der Waals surface area contributed by atoms with Crippen LogP contribution in [0.5, 0.6) is 11.5 Å². The first-order valence-electron chi connectivity index (χ1n) is 11.5. The van der Waals surface area contributed by atoms with Crippen LogP contribution < -0.4 is 14.8 Å². The van der Waals surface area contributed by atoms with Crippen molar-refractivity contribution in [2.45, 2.75) is 32.2 Å². The third kappa shape index (κ3) is 3.35. The van der Waals surface area contributed by atoms with E-state index < -0.39 is 0 Å². The summed E-state index contributed by atoms with van der Waals surface area (Å²) in [6, 6.07) is 19.1. The zero-order valence-electron chi connectivity index (χ0n) is 17.8. The largest absolute Gasteiger partial charge is 0.490 e. The van der Waals surface area contributed by atoms with Crippen LogP contribution in [-0.4, -0.2) is 30.9 Å². The van der Waals surface area contributed by atoms with Crippen LogP contribution in [0.3, 0.4) is 0 Å². The highest BCUT2D eigenvalue weighted by molar-refractivity contribution is 5.94. The summed E-state index contributed by atoms with van der Waals surface area (Å²) in [6.45, 7) is 4.31. The first-order chi connectivity index (χ1) is 15.4. The molecule has 3 aromatic carbocycles. The number of hydrogen-bond acceptors (Lipinski definition) is 3. The molecule has 2 aliphatic heterocycles. The summed E-state index contributed by atoms with van der Waals surface area (Å²) in [5, 5.41) is 7.34. The second kappa shape index (κ2) is 7.93. The second-order valence-corrected chi connectivity index (χ2v) is 8.58. The van der Waals surface area contributed by atoms with Gasteiger partial charge in [-0.3, -0.25) is 0 Å². The lowest BCUT2D eigenvalue weighted by Gasteiger charge is -2.19. The standard InChI is InChI=1S/C27H28N2O2/c1-2-5-21-18-22(9-7-19(21)4-1)30-16-17-31-25-10-8-20-6-3-15-29-24-12-14-28-13-11-23(24)26(25)27(20)29/h1-2,4-5,7-10,18,28H,3,6,11-17H2. The van der Waals surface area contributed by atoms with Crippen molar-refractivity contribution in [3.63, 3.8) is 0 Å². The molecule has 0 saturated carbocycles. The summed E-state index contributed by atoms with van der Waals surface area (Å²) >= 11 is 0. The van der Waals surface area contributed by atoms with Crippen molar-refractivity contribution >= 4 is 21.7 Å². The van der Waals surface area contributed by atoms with Crippen molar-refractivity contribution in [2.24, 2.45) is 0 Å².